The number of carbonyl (C=O) groups excluding carboxylic acids is 4. The van der Waals surface area contributed by atoms with Crippen LogP contribution in [0, 0.1) is 0 Å². The van der Waals surface area contributed by atoms with Crippen LogP contribution in [0.1, 0.15) is 58.9 Å². The zero-order valence-electron chi connectivity index (χ0n) is 16.1. The van der Waals surface area contributed by atoms with E-state index in [1.807, 2.05) is 6.07 Å². The highest BCUT2D eigenvalue weighted by molar-refractivity contribution is 6.23. The molecule has 28 heavy (non-hydrogen) atoms. The van der Waals surface area contributed by atoms with Gasteiger partial charge in [-0.3, -0.25) is 34.3 Å². The number of hydrogen-bond acceptors (Lipinski definition) is 6. The molecule has 1 saturated heterocycles. The molecule has 3 N–H and O–H groups in total. The molecule has 2 aliphatic heterocycles. The van der Waals surface area contributed by atoms with E-state index in [0.29, 0.717) is 24.2 Å². The molecule has 0 spiro atoms. The van der Waals surface area contributed by atoms with E-state index in [0.717, 1.165) is 36.4 Å². The van der Waals surface area contributed by atoms with Crippen LogP contribution < -0.4 is 11.1 Å². The summed E-state index contributed by atoms with van der Waals surface area (Å²) in [5.41, 5.74) is 7.18. The van der Waals surface area contributed by atoms with Gasteiger partial charge in [0.1, 0.15) is 6.04 Å². The lowest BCUT2D eigenvalue weighted by Gasteiger charge is -2.27. The molecule has 150 valence electrons. The Labute approximate surface area is 164 Å². The smallest absolute Gasteiger partial charge is 0.262 e. The van der Waals surface area contributed by atoms with Crippen molar-refractivity contribution in [3.05, 3.63) is 34.9 Å². The van der Waals surface area contributed by atoms with E-state index < -0.39 is 23.8 Å². The van der Waals surface area contributed by atoms with Gasteiger partial charge in [-0.25, -0.2) is 0 Å². The van der Waals surface area contributed by atoms with Crippen LogP contribution in [0.3, 0.4) is 0 Å². The third kappa shape index (κ3) is 3.98. The molecular formula is C20H26N4O4. The first-order valence-electron chi connectivity index (χ1n) is 9.73. The molecule has 0 aromatic heterocycles. The van der Waals surface area contributed by atoms with Gasteiger partial charge in [-0.2, -0.15) is 0 Å². The monoisotopic (exact) mass is 386 g/mol. The van der Waals surface area contributed by atoms with Crippen molar-refractivity contribution in [1.29, 1.82) is 0 Å². The second kappa shape index (κ2) is 8.62. The Morgan fingerprint density at radius 1 is 1.14 bits per heavy atom. The van der Waals surface area contributed by atoms with E-state index in [2.05, 4.69) is 17.1 Å². The average Bonchev–Trinajstić information content (AvgIpc) is 2.91. The molecule has 3 rings (SSSR count). The largest absolute Gasteiger partial charge is 0.330 e. The number of benzene rings is 1. The topological polar surface area (TPSA) is 113 Å². The molecule has 1 unspecified atom stereocenters. The van der Waals surface area contributed by atoms with E-state index >= 15 is 0 Å². The highest BCUT2D eigenvalue weighted by Gasteiger charge is 2.44. The summed E-state index contributed by atoms with van der Waals surface area (Å²) in [6.07, 6.45) is 2.18. The number of rotatable bonds is 8. The van der Waals surface area contributed by atoms with Crippen molar-refractivity contribution in [2.24, 2.45) is 5.73 Å². The summed E-state index contributed by atoms with van der Waals surface area (Å²) in [5, 5.41) is 2.20. The Morgan fingerprint density at radius 2 is 1.89 bits per heavy atom. The molecule has 1 aromatic carbocycles. The summed E-state index contributed by atoms with van der Waals surface area (Å²) < 4.78 is 0. The molecule has 1 aromatic rings. The van der Waals surface area contributed by atoms with E-state index in [1.165, 1.54) is 0 Å². The van der Waals surface area contributed by atoms with Crippen LogP contribution in [0.5, 0.6) is 0 Å². The standard InChI is InChI=1S/C20H26N4O4/c1-2-9-23(10-3-8-21)12-13-4-5-14-15(11-13)20(28)24(19(14)27)16-6-7-17(25)22-18(16)26/h4-5,11,16H,2-3,6-10,12,21H2,1H3,(H,22,25,26). The van der Waals surface area contributed by atoms with Gasteiger partial charge in [0.05, 0.1) is 11.1 Å². The van der Waals surface area contributed by atoms with Crippen molar-refractivity contribution in [3.8, 4) is 0 Å². The summed E-state index contributed by atoms with van der Waals surface area (Å²) in [7, 11) is 0. The van der Waals surface area contributed by atoms with E-state index in [9.17, 15) is 19.2 Å². The first-order valence-corrected chi connectivity index (χ1v) is 9.73. The lowest BCUT2D eigenvalue weighted by Crippen LogP contribution is -2.54. The van der Waals surface area contributed by atoms with Gasteiger partial charge in [0, 0.05) is 13.0 Å². The van der Waals surface area contributed by atoms with Gasteiger partial charge in [-0.1, -0.05) is 13.0 Å². The SMILES string of the molecule is CCCN(CCCN)Cc1ccc2c(c1)C(=O)N(C1CCC(=O)NC1=O)C2=O. The molecule has 8 nitrogen and oxygen atoms in total. The van der Waals surface area contributed by atoms with Crippen molar-refractivity contribution in [2.75, 3.05) is 19.6 Å². The van der Waals surface area contributed by atoms with Gasteiger partial charge in [0.25, 0.3) is 11.8 Å². The fourth-order valence-electron chi connectivity index (χ4n) is 3.78. The highest BCUT2D eigenvalue weighted by atomic mass is 16.2. The lowest BCUT2D eigenvalue weighted by molar-refractivity contribution is -0.136. The van der Waals surface area contributed by atoms with Crippen LogP contribution in [0.25, 0.3) is 0 Å². The molecule has 2 heterocycles. The Balaban J connectivity index is 1.79. The van der Waals surface area contributed by atoms with Gasteiger partial charge in [0.2, 0.25) is 11.8 Å². The van der Waals surface area contributed by atoms with Crippen LogP contribution in [-0.4, -0.2) is 59.1 Å². The molecule has 0 saturated carbocycles. The van der Waals surface area contributed by atoms with Gasteiger partial charge in [-0.15, -0.1) is 0 Å². The number of hydrogen-bond donors (Lipinski definition) is 2. The number of nitrogens with one attached hydrogen (secondary N) is 1. The van der Waals surface area contributed by atoms with Crippen molar-refractivity contribution in [1.82, 2.24) is 15.1 Å². The molecule has 1 fully saturated rings. The summed E-state index contributed by atoms with van der Waals surface area (Å²) in [5.74, 6) is -1.93. The number of nitrogens with zero attached hydrogens (tertiary/aromatic N) is 2. The Hall–Kier alpha value is -2.58. The number of piperidine rings is 1. The third-order valence-corrected chi connectivity index (χ3v) is 5.13. The minimum absolute atomic E-state index is 0.113. The molecular weight excluding hydrogens is 360 g/mol. The Morgan fingerprint density at radius 3 is 2.57 bits per heavy atom. The first kappa shape index (κ1) is 20.2. The average molecular weight is 386 g/mol. The summed E-state index contributed by atoms with van der Waals surface area (Å²) in [6.45, 7) is 5.19. The number of nitrogens with two attached hydrogens (primary N) is 1. The lowest BCUT2D eigenvalue weighted by atomic mass is 10.0. The predicted molar refractivity (Wildman–Crippen MR) is 102 cm³/mol. The maximum Gasteiger partial charge on any atom is 0.262 e. The number of amides is 4. The number of fused-ring (bicyclic) bond motifs is 1. The van der Waals surface area contributed by atoms with Gasteiger partial charge in [0.15, 0.2) is 0 Å². The number of imide groups is 2. The van der Waals surface area contributed by atoms with Crippen molar-refractivity contribution in [3.63, 3.8) is 0 Å². The second-order valence-electron chi connectivity index (χ2n) is 7.25. The van der Waals surface area contributed by atoms with Crippen molar-refractivity contribution >= 4 is 23.6 Å². The highest BCUT2D eigenvalue weighted by Crippen LogP contribution is 2.28. The molecule has 8 heteroatoms. The van der Waals surface area contributed by atoms with Crippen molar-refractivity contribution in [2.45, 2.75) is 45.2 Å². The summed E-state index contributed by atoms with van der Waals surface area (Å²) >= 11 is 0. The maximum absolute atomic E-state index is 12.9. The second-order valence-corrected chi connectivity index (χ2v) is 7.25. The van der Waals surface area contributed by atoms with Gasteiger partial charge in [-0.05, 0) is 56.6 Å². The molecule has 2 aliphatic rings. The minimum Gasteiger partial charge on any atom is -0.330 e. The van der Waals surface area contributed by atoms with Crippen LogP contribution in [0.4, 0.5) is 0 Å². The summed E-state index contributed by atoms with van der Waals surface area (Å²) in [6, 6.07) is 4.31. The van der Waals surface area contributed by atoms with E-state index in [4.69, 9.17) is 5.73 Å². The van der Waals surface area contributed by atoms with Gasteiger partial charge < -0.3 is 5.73 Å². The normalized spacial score (nSPS) is 19.4. The quantitative estimate of drug-likeness (QED) is 0.634. The minimum atomic E-state index is -0.935. The third-order valence-electron chi connectivity index (χ3n) is 5.13. The molecule has 4 amide bonds. The fraction of sp³-hybridized carbons (Fsp3) is 0.500. The van der Waals surface area contributed by atoms with Crippen LogP contribution >= 0.6 is 0 Å². The Kier molecular flexibility index (Phi) is 6.21. The number of carbonyl (C=O) groups is 4. The van der Waals surface area contributed by atoms with Crippen LogP contribution in [-0.2, 0) is 16.1 Å². The molecule has 0 aliphatic carbocycles. The van der Waals surface area contributed by atoms with Crippen LogP contribution in [0.2, 0.25) is 0 Å². The fourth-order valence-corrected chi connectivity index (χ4v) is 3.78. The molecule has 0 bridgehead atoms. The zero-order valence-corrected chi connectivity index (χ0v) is 16.1. The zero-order chi connectivity index (χ0) is 20.3. The predicted octanol–water partition coefficient (Wildman–Crippen LogP) is 0.649. The molecule has 1 atom stereocenters. The molecule has 0 radical (unpaired) electrons. The van der Waals surface area contributed by atoms with Crippen LogP contribution in [0.15, 0.2) is 18.2 Å². The van der Waals surface area contributed by atoms with E-state index in [1.54, 1.807) is 12.1 Å². The summed E-state index contributed by atoms with van der Waals surface area (Å²) in [4.78, 5) is 52.4. The Bertz CT molecular complexity index is 807. The maximum atomic E-state index is 12.9. The van der Waals surface area contributed by atoms with Crippen molar-refractivity contribution < 1.29 is 19.2 Å². The van der Waals surface area contributed by atoms with Gasteiger partial charge >= 0.3 is 0 Å². The first-order chi connectivity index (χ1) is 13.5. The van der Waals surface area contributed by atoms with E-state index in [-0.39, 0.29) is 18.7 Å².